The highest BCUT2D eigenvalue weighted by molar-refractivity contribution is 6.46. The predicted octanol–water partition coefficient (Wildman–Crippen LogP) is 1.81. The molecular formula is C21H27N5O3. The first-order valence-electron chi connectivity index (χ1n) is 9.57. The van der Waals surface area contributed by atoms with Gasteiger partial charge in [0.05, 0.1) is 22.9 Å². The Morgan fingerprint density at radius 2 is 1.86 bits per heavy atom. The van der Waals surface area contributed by atoms with Crippen LogP contribution in [0.15, 0.2) is 30.1 Å². The van der Waals surface area contributed by atoms with E-state index in [0.717, 1.165) is 17.8 Å². The molecule has 8 nitrogen and oxygen atoms in total. The van der Waals surface area contributed by atoms with Crippen molar-refractivity contribution in [2.45, 2.75) is 26.3 Å². The molecule has 1 aliphatic rings. The van der Waals surface area contributed by atoms with Crippen LogP contribution in [0.4, 0.5) is 0 Å². The summed E-state index contributed by atoms with van der Waals surface area (Å²) in [6.07, 6.45) is 3.96. The topological polar surface area (TPSA) is 91.6 Å². The maximum absolute atomic E-state index is 13.0. The number of nitrogens with zero attached hydrogens (tertiary/aromatic N) is 5. The fourth-order valence-electron chi connectivity index (χ4n) is 3.81. The van der Waals surface area contributed by atoms with E-state index in [4.69, 9.17) is 0 Å². The molecule has 0 saturated carbocycles. The van der Waals surface area contributed by atoms with E-state index in [1.807, 2.05) is 25.9 Å². The Morgan fingerprint density at radius 3 is 2.41 bits per heavy atom. The highest BCUT2D eigenvalue weighted by Crippen LogP contribution is 2.40. The smallest absolute Gasteiger partial charge is 0.295 e. The largest absolute Gasteiger partial charge is 0.507 e. The van der Waals surface area contributed by atoms with Gasteiger partial charge in [-0.3, -0.25) is 19.3 Å². The Hall–Kier alpha value is -3.00. The zero-order valence-electron chi connectivity index (χ0n) is 17.5. The molecule has 154 valence electrons. The number of Topliss-reactive ketones (excluding diaryl/α,β-unsaturated/α-hetero) is 1. The van der Waals surface area contributed by atoms with Gasteiger partial charge in [-0.2, -0.15) is 5.10 Å². The van der Waals surface area contributed by atoms with Crippen LogP contribution in [-0.2, 0) is 16.6 Å². The van der Waals surface area contributed by atoms with Crippen LogP contribution in [0.25, 0.3) is 5.76 Å². The third-order valence-corrected chi connectivity index (χ3v) is 5.31. The van der Waals surface area contributed by atoms with E-state index in [1.54, 1.807) is 48.1 Å². The number of aliphatic hydroxyl groups is 1. The summed E-state index contributed by atoms with van der Waals surface area (Å²) < 4.78 is 1.65. The van der Waals surface area contributed by atoms with Crippen LogP contribution in [0.5, 0.6) is 0 Å². The molecule has 1 atom stereocenters. The second kappa shape index (κ2) is 8.16. The average molecular weight is 397 g/mol. The quantitative estimate of drug-likeness (QED) is 0.454. The van der Waals surface area contributed by atoms with Gasteiger partial charge < -0.3 is 14.9 Å². The SMILES string of the molecule is Cc1nn(C)c(C)c1/C(O)=C1\C(=O)C(=O)N(CCCN(C)C)C1c1ccncc1. The van der Waals surface area contributed by atoms with Gasteiger partial charge in [0.25, 0.3) is 11.7 Å². The van der Waals surface area contributed by atoms with Gasteiger partial charge in [0, 0.05) is 31.7 Å². The van der Waals surface area contributed by atoms with Gasteiger partial charge in [0.2, 0.25) is 0 Å². The normalized spacial score (nSPS) is 18.8. The minimum absolute atomic E-state index is 0.102. The number of ketones is 1. The summed E-state index contributed by atoms with van der Waals surface area (Å²) in [5, 5.41) is 15.5. The van der Waals surface area contributed by atoms with Crippen molar-refractivity contribution in [1.82, 2.24) is 24.6 Å². The monoisotopic (exact) mass is 397 g/mol. The van der Waals surface area contributed by atoms with Crippen LogP contribution in [0.1, 0.15) is 35.0 Å². The number of aromatic nitrogens is 3. The summed E-state index contributed by atoms with van der Waals surface area (Å²) in [6, 6.07) is 2.89. The number of carbonyl (C=O) groups is 2. The maximum atomic E-state index is 13.0. The standard InChI is InChI=1S/C21H27N5O3/c1-13-16(14(2)25(5)23-13)19(27)17-18(15-7-9-22-10-8-15)26(21(29)20(17)28)12-6-11-24(3)4/h7-10,18,27H,6,11-12H2,1-5H3/b19-17+. The van der Waals surface area contributed by atoms with Gasteiger partial charge in [-0.25, -0.2) is 0 Å². The van der Waals surface area contributed by atoms with Gasteiger partial charge in [-0.1, -0.05) is 0 Å². The molecule has 2 aromatic heterocycles. The zero-order valence-corrected chi connectivity index (χ0v) is 17.5. The minimum atomic E-state index is -0.670. The van der Waals surface area contributed by atoms with Crippen LogP contribution >= 0.6 is 0 Å². The minimum Gasteiger partial charge on any atom is -0.507 e. The lowest BCUT2D eigenvalue weighted by atomic mass is 9.95. The number of carbonyl (C=O) groups excluding carboxylic acids is 2. The Labute approximate surface area is 170 Å². The summed E-state index contributed by atoms with van der Waals surface area (Å²) in [6.45, 7) is 4.80. The van der Waals surface area contributed by atoms with Crippen molar-refractivity contribution in [1.29, 1.82) is 0 Å². The molecular weight excluding hydrogens is 370 g/mol. The number of pyridine rings is 1. The number of likely N-dealkylation sites (tertiary alicyclic amines) is 1. The average Bonchev–Trinajstić information content (AvgIpc) is 3.08. The molecule has 1 N–H and O–H groups in total. The lowest BCUT2D eigenvalue weighted by Gasteiger charge is -2.25. The number of rotatable bonds is 6. The van der Waals surface area contributed by atoms with Crippen molar-refractivity contribution in [3.8, 4) is 0 Å². The number of aliphatic hydroxyl groups excluding tert-OH is 1. The number of hydrogen-bond donors (Lipinski definition) is 1. The van der Waals surface area contributed by atoms with Crippen LogP contribution < -0.4 is 0 Å². The van der Waals surface area contributed by atoms with Crippen molar-refractivity contribution in [2.24, 2.45) is 7.05 Å². The summed E-state index contributed by atoms with van der Waals surface area (Å²) in [4.78, 5) is 33.5. The second-order valence-electron chi connectivity index (χ2n) is 7.60. The van der Waals surface area contributed by atoms with Gasteiger partial charge in [0.15, 0.2) is 0 Å². The third kappa shape index (κ3) is 3.80. The molecule has 8 heteroatoms. The molecule has 0 bridgehead atoms. The second-order valence-corrected chi connectivity index (χ2v) is 7.60. The summed E-state index contributed by atoms with van der Waals surface area (Å²) in [7, 11) is 5.70. The van der Waals surface area contributed by atoms with Crippen molar-refractivity contribution in [2.75, 3.05) is 27.2 Å². The van der Waals surface area contributed by atoms with E-state index >= 15 is 0 Å². The van der Waals surface area contributed by atoms with E-state index < -0.39 is 17.7 Å². The van der Waals surface area contributed by atoms with E-state index in [0.29, 0.717) is 24.2 Å². The Bertz CT molecular complexity index is 962. The molecule has 3 rings (SSSR count). The van der Waals surface area contributed by atoms with Crippen molar-refractivity contribution < 1.29 is 14.7 Å². The molecule has 1 aliphatic heterocycles. The lowest BCUT2D eigenvalue weighted by molar-refractivity contribution is -0.139. The van der Waals surface area contributed by atoms with E-state index in [9.17, 15) is 14.7 Å². The Morgan fingerprint density at radius 1 is 1.21 bits per heavy atom. The molecule has 1 unspecified atom stereocenters. The van der Waals surface area contributed by atoms with Crippen molar-refractivity contribution in [3.05, 3.63) is 52.6 Å². The van der Waals surface area contributed by atoms with Crippen molar-refractivity contribution >= 4 is 17.4 Å². The molecule has 1 saturated heterocycles. The molecule has 1 amide bonds. The molecule has 0 aliphatic carbocycles. The van der Waals surface area contributed by atoms with Gasteiger partial charge in [-0.15, -0.1) is 0 Å². The molecule has 29 heavy (non-hydrogen) atoms. The first-order chi connectivity index (χ1) is 13.7. The fraction of sp³-hybridized carbons (Fsp3) is 0.429. The predicted molar refractivity (Wildman–Crippen MR) is 109 cm³/mol. The van der Waals surface area contributed by atoms with E-state index in [1.165, 1.54) is 0 Å². The lowest BCUT2D eigenvalue weighted by Crippen LogP contribution is -2.32. The van der Waals surface area contributed by atoms with Gasteiger partial charge in [-0.05, 0) is 58.6 Å². The first kappa shape index (κ1) is 20.7. The van der Waals surface area contributed by atoms with E-state index in [2.05, 4.69) is 10.1 Å². The third-order valence-electron chi connectivity index (χ3n) is 5.31. The van der Waals surface area contributed by atoms with Crippen LogP contribution in [-0.4, -0.2) is 68.5 Å². The van der Waals surface area contributed by atoms with E-state index in [-0.39, 0.29) is 11.3 Å². The maximum Gasteiger partial charge on any atom is 0.295 e. The summed E-state index contributed by atoms with van der Waals surface area (Å²) in [5.41, 5.74) is 2.68. The zero-order chi connectivity index (χ0) is 21.3. The molecule has 1 fully saturated rings. The highest BCUT2D eigenvalue weighted by atomic mass is 16.3. The van der Waals surface area contributed by atoms with Crippen molar-refractivity contribution in [3.63, 3.8) is 0 Å². The molecule has 3 heterocycles. The highest BCUT2D eigenvalue weighted by Gasteiger charge is 2.46. The molecule has 2 aromatic rings. The molecule has 0 aromatic carbocycles. The van der Waals surface area contributed by atoms with Gasteiger partial charge >= 0.3 is 0 Å². The number of aryl methyl sites for hydroxylation is 2. The Kier molecular flexibility index (Phi) is 5.83. The molecule has 0 spiro atoms. The summed E-state index contributed by atoms with van der Waals surface area (Å²) in [5.74, 6) is -1.44. The first-order valence-corrected chi connectivity index (χ1v) is 9.57. The Balaban J connectivity index is 2.13. The fourth-order valence-corrected chi connectivity index (χ4v) is 3.81. The number of hydrogen-bond acceptors (Lipinski definition) is 6. The molecule has 0 radical (unpaired) electrons. The van der Waals surface area contributed by atoms with Crippen LogP contribution in [0.2, 0.25) is 0 Å². The van der Waals surface area contributed by atoms with Crippen LogP contribution in [0.3, 0.4) is 0 Å². The van der Waals surface area contributed by atoms with Crippen LogP contribution in [0, 0.1) is 13.8 Å². The summed E-state index contributed by atoms with van der Waals surface area (Å²) >= 11 is 0. The number of amides is 1. The van der Waals surface area contributed by atoms with Gasteiger partial charge in [0.1, 0.15) is 5.76 Å².